The van der Waals surface area contributed by atoms with Gasteiger partial charge < -0.3 is 24.9 Å². The molecule has 27 heavy (non-hydrogen) atoms. The van der Waals surface area contributed by atoms with E-state index in [0.717, 1.165) is 30.7 Å². The average Bonchev–Trinajstić information content (AvgIpc) is 3.21. The minimum absolute atomic E-state index is 0.285. The van der Waals surface area contributed by atoms with E-state index in [2.05, 4.69) is 34.7 Å². The van der Waals surface area contributed by atoms with Gasteiger partial charge in [0, 0.05) is 13.2 Å². The van der Waals surface area contributed by atoms with E-state index in [1.54, 1.807) is 25.3 Å². The molecule has 2 aromatic rings. The van der Waals surface area contributed by atoms with Crippen LogP contribution in [0.4, 0.5) is 0 Å². The van der Waals surface area contributed by atoms with Crippen molar-refractivity contribution in [3.63, 3.8) is 0 Å². The summed E-state index contributed by atoms with van der Waals surface area (Å²) < 4.78 is 11.0. The highest BCUT2D eigenvalue weighted by atomic mass is 16.5. The zero-order valence-corrected chi connectivity index (χ0v) is 16.5. The van der Waals surface area contributed by atoms with Crippen molar-refractivity contribution in [2.24, 2.45) is 4.99 Å². The molecule has 0 saturated heterocycles. The van der Waals surface area contributed by atoms with E-state index in [0.29, 0.717) is 24.9 Å². The maximum absolute atomic E-state index is 10.6. The van der Waals surface area contributed by atoms with Gasteiger partial charge in [-0.25, -0.2) is 4.99 Å². The van der Waals surface area contributed by atoms with E-state index in [9.17, 15) is 5.11 Å². The standard InChI is InChI=1S/C21H31N3O3/c1-4-12-26-15-18-10-7-6-9-17(18)14-23-20(22-5-2)24-16-21(3,25)19-11-8-13-27-19/h6-11,13,25H,4-5,12,14-16H2,1-3H3,(H2,22,23,24). The summed E-state index contributed by atoms with van der Waals surface area (Å²) in [5.41, 5.74) is 1.16. The van der Waals surface area contributed by atoms with Crippen molar-refractivity contribution in [2.75, 3.05) is 19.7 Å². The van der Waals surface area contributed by atoms with Crippen LogP contribution in [-0.4, -0.2) is 30.8 Å². The maximum atomic E-state index is 10.6. The SMILES string of the molecule is CCCOCc1ccccc1CN=C(NCC)NCC(C)(O)c1ccco1. The Balaban J connectivity index is 2.01. The van der Waals surface area contributed by atoms with Crippen molar-refractivity contribution < 1.29 is 14.3 Å². The molecule has 2 rings (SSSR count). The van der Waals surface area contributed by atoms with Gasteiger partial charge in [0.25, 0.3) is 0 Å². The quantitative estimate of drug-likeness (QED) is 0.339. The second-order valence-corrected chi connectivity index (χ2v) is 6.62. The molecule has 0 aliphatic rings. The molecule has 148 valence electrons. The smallest absolute Gasteiger partial charge is 0.191 e. The first-order valence-electron chi connectivity index (χ1n) is 9.50. The lowest BCUT2D eigenvalue weighted by Gasteiger charge is -2.22. The van der Waals surface area contributed by atoms with Crippen molar-refractivity contribution in [2.45, 2.75) is 45.9 Å². The molecule has 1 aromatic carbocycles. The molecule has 0 saturated carbocycles. The van der Waals surface area contributed by atoms with E-state index < -0.39 is 5.60 Å². The average molecular weight is 373 g/mol. The van der Waals surface area contributed by atoms with Gasteiger partial charge in [-0.1, -0.05) is 31.2 Å². The van der Waals surface area contributed by atoms with Crippen LogP contribution < -0.4 is 10.6 Å². The second kappa shape index (κ2) is 10.7. The highest BCUT2D eigenvalue weighted by molar-refractivity contribution is 5.79. The zero-order chi connectivity index (χ0) is 19.5. The molecule has 1 unspecified atom stereocenters. The molecule has 0 aliphatic carbocycles. The van der Waals surface area contributed by atoms with E-state index in [1.165, 1.54) is 0 Å². The third-order valence-electron chi connectivity index (χ3n) is 4.13. The van der Waals surface area contributed by atoms with Crippen LogP contribution in [0, 0.1) is 0 Å². The molecule has 0 radical (unpaired) electrons. The number of hydrogen-bond donors (Lipinski definition) is 3. The van der Waals surface area contributed by atoms with Crippen LogP contribution >= 0.6 is 0 Å². The van der Waals surface area contributed by atoms with Crippen LogP contribution in [0.25, 0.3) is 0 Å². The van der Waals surface area contributed by atoms with Crippen LogP contribution in [-0.2, 0) is 23.5 Å². The Kier molecular flexibility index (Phi) is 8.36. The van der Waals surface area contributed by atoms with Gasteiger partial charge in [0.05, 0.1) is 26.0 Å². The Bertz CT molecular complexity index is 696. The summed E-state index contributed by atoms with van der Waals surface area (Å²) in [4.78, 5) is 4.65. The van der Waals surface area contributed by atoms with Gasteiger partial charge >= 0.3 is 0 Å². The second-order valence-electron chi connectivity index (χ2n) is 6.62. The van der Waals surface area contributed by atoms with Crippen LogP contribution in [0.5, 0.6) is 0 Å². The van der Waals surface area contributed by atoms with E-state index in [1.807, 2.05) is 19.1 Å². The predicted molar refractivity (Wildman–Crippen MR) is 107 cm³/mol. The molecule has 0 fully saturated rings. The Labute approximate surface area is 161 Å². The molecule has 1 heterocycles. The van der Waals surface area contributed by atoms with Gasteiger partial charge in [0.15, 0.2) is 5.96 Å². The summed E-state index contributed by atoms with van der Waals surface area (Å²) in [6.45, 7) is 8.72. The summed E-state index contributed by atoms with van der Waals surface area (Å²) in [6, 6.07) is 11.7. The number of aliphatic hydroxyl groups is 1. The third-order valence-corrected chi connectivity index (χ3v) is 4.13. The number of benzene rings is 1. The van der Waals surface area contributed by atoms with Crippen molar-refractivity contribution in [1.29, 1.82) is 0 Å². The van der Waals surface area contributed by atoms with Gasteiger partial charge in [-0.2, -0.15) is 0 Å². The van der Waals surface area contributed by atoms with Crippen LogP contribution in [0.3, 0.4) is 0 Å². The topological polar surface area (TPSA) is 79.0 Å². The summed E-state index contributed by atoms with van der Waals surface area (Å²) in [6.07, 6.45) is 2.56. The Hall–Kier alpha value is -2.31. The monoisotopic (exact) mass is 373 g/mol. The predicted octanol–water partition coefficient (Wildman–Crippen LogP) is 3.17. The molecule has 6 nitrogen and oxygen atoms in total. The lowest BCUT2D eigenvalue weighted by Crippen LogP contribution is -2.44. The molecule has 0 bridgehead atoms. The number of nitrogens with one attached hydrogen (secondary N) is 2. The highest BCUT2D eigenvalue weighted by Gasteiger charge is 2.26. The summed E-state index contributed by atoms with van der Waals surface area (Å²) in [7, 11) is 0. The molecule has 3 N–H and O–H groups in total. The normalized spacial score (nSPS) is 14.0. The Morgan fingerprint density at radius 3 is 2.59 bits per heavy atom. The molecular formula is C21H31N3O3. The molecule has 0 amide bonds. The minimum Gasteiger partial charge on any atom is -0.466 e. The van der Waals surface area contributed by atoms with Gasteiger partial charge in [0.1, 0.15) is 11.4 Å². The lowest BCUT2D eigenvalue weighted by atomic mass is 10.0. The van der Waals surface area contributed by atoms with Gasteiger partial charge in [-0.3, -0.25) is 0 Å². The number of rotatable bonds is 10. The number of ether oxygens (including phenoxy) is 1. The number of aliphatic imine (C=N–C) groups is 1. The fourth-order valence-corrected chi connectivity index (χ4v) is 2.61. The molecular weight excluding hydrogens is 342 g/mol. The van der Waals surface area contributed by atoms with E-state index in [-0.39, 0.29) is 6.54 Å². The van der Waals surface area contributed by atoms with Crippen molar-refractivity contribution in [3.8, 4) is 0 Å². The molecule has 6 heteroatoms. The number of hydrogen-bond acceptors (Lipinski definition) is 4. The summed E-state index contributed by atoms with van der Waals surface area (Å²) in [5, 5.41) is 17.0. The van der Waals surface area contributed by atoms with Crippen LogP contribution in [0.1, 0.15) is 44.1 Å². The van der Waals surface area contributed by atoms with Crippen LogP contribution in [0.15, 0.2) is 52.1 Å². The molecule has 0 spiro atoms. The molecule has 0 aliphatic heterocycles. The molecule has 1 aromatic heterocycles. The van der Waals surface area contributed by atoms with Crippen molar-refractivity contribution in [1.82, 2.24) is 10.6 Å². The number of nitrogens with zero attached hydrogens (tertiary/aromatic N) is 1. The van der Waals surface area contributed by atoms with Crippen molar-refractivity contribution >= 4 is 5.96 Å². The van der Waals surface area contributed by atoms with Crippen LogP contribution in [0.2, 0.25) is 0 Å². The molecule has 1 atom stereocenters. The van der Waals surface area contributed by atoms with Crippen molar-refractivity contribution in [3.05, 3.63) is 59.5 Å². The van der Waals surface area contributed by atoms with Gasteiger partial charge in [-0.05, 0) is 43.5 Å². The first kappa shape index (κ1) is 21.0. The van der Waals surface area contributed by atoms with E-state index >= 15 is 0 Å². The number of furan rings is 1. The zero-order valence-electron chi connectivity index (χ0n) is 16.5. The fraction of sp³-hybridized carbons (Fsp3) is 0.476. The first-order valence-corrected chi connectivity index (χ1v) is 9.50. The van der Waals surface area contributed by atoms with Gasteiger partial charge in [0.2, 0.25) is 0 Å². The fourth-order valence-electron chi connectivity index (χ4n) is 2.61. The van der Waals surface area contributed by atoms with E-state index in [4.69, 9.17) is 9.15 Å². The van der Waals surface area contributed by atoms with Gasteiger partial charge in [-0.15, -0.1) is 0 Å². The largest absolute Gasteiger partial charge is 0.466 e. The maximum Gasteiger partial charge on any atom is 0.191 e. The number of guanidine groups is 1. The minimum atomic E-state index is -1.12. The summed E-state index contributed by atoms with van der Waals surface area (Å²) in [5.74, 6) is 1.16. The third kappa shape index (κ3) is 6.73. The highest BCUT2D eigenvalue weighted by Crippen LogP contribution is 2.19. The summed E-state index contributed by atoms with van der Waals surface area (Å²) >= 11 is 0. The Morgan fingerprint density at radius 1 is 1.15 bits per heavy atom. The lowest BCUT2D eigenvalue weighted by molar-refractivity contribution is 0.0386. The Morgan fingerprint density at radius 2 is 1.93 bits per heavy atom. The first-order chi connectivity index (χ1) is 13.1.